The number of ether oxygens (including phenoxy) is 3. The van der Waals surface area contributed by atoms with Gasteiger partial charge in [-0.2, -0.15) is 0 Å². The lowest BCUT2D eigenvalue weighted by atomic mass is 9.42. The Bertz CT molecular complexity index is 1640. The van der Waals surface area contributed by atoms with Gasteiger partial charge in [0.25, 0.3) is 0 Å². The van der Waals surface area contributed by atoms with Crippen molar-refractivity contribution in [1.29, 1.82) is 0 Å². The van der Waals surface area contributed by atoms with Crippen molar-refractivity contribution in [2.45, 2.75) is 97.2 Å². The van der Waals surface area contributed by atoms with E-state index in [1.54, 1.807) is 0 Å². The highest BCUT2D eigenvalue weighted by molar-refractivity contribution is 5.86. The molecule has 4 fully saturated rings. The second-order valence-corrected chi connectivity index (χ2v) is 16.9. The third-order valence-corrected chi connectivity index (χ3v) is 14.4. The zero-order valence-electron chi connectivity index (χ0n) is 31.9. The number of carbonyl (C=O) groups excluding carboxylic acids is 3. The maximum atomic E-state index is 13.8. The van der Waals surface area contributed by atoms with Gasteiger partial charge in [0.05, 0.1) is 12.9 Å². The minimum atomic E-state index is -0.440. The number of esters is 1. The molecule has 4 aliphatic carbocycles. The fourth-order valence-corrected chi connectivity index (χ4v) is 11.7. The number of fused-ring (bicyclic) bond motifs is 5. The number of nitrogens with zero attached hydrogens (tertiary/aromatic N) is 1. The van der Waals surface area contributed by atoms with Crippen LogP contribution in [0, 0.1) is 52.3 Å². The van der Waals surface area contributed by atoms with Crippen molar-refractivity contribution in [3.05, 3.63) is 60.7 Å². The number of methoxy groups -OCH3 is 1. The van der Waals surface area contributed by atoms with Crippen molar-refractivity contribution in [1.82, 2.24) is 5.32 Å². The molecule has 3 N–H and O–H groups in total. The first-order valence-electron chi connectivity index (χ1n) is 20.0. The molecule has 2 aromatic carbocycles. The van der Waals surface area contributed by atoms with Gasteiger partial charge in [0, 0.05) is 48.1 Å². The van der Waals surface area contributed by atoms with Crippen LogP contribution < -0.4 is 16.0 Å². The standard InChI is InChI=1S/C43H58N4O6/c1-27(16-19-37(48)51-4)32-17-18-33-38-34(26-36(43(32,33)3)53-41(50)47-31-14-9-6-10-15-31)42(2)21-20-28(39-44-22-11-23-45-39)24-29(42)25-35(38)52-40(49)46-30-12-7-5-8-13-30/h5-10,12-15,27-29,32-36,38H,11,16-26H2,1-4H3,(H,44,45)(H,46,49)(H,47,50)/t27-,28-,29+,32-,33+,34+,35-,36+,38+,42+,43-/m1/s1. The summed E-state index contributed by atoms with van der Waals surface area (Å²) in [6.07, 6.45) is 7.18. The highest BCUT2D eigenvalue weighted by Crippen LogP contribution is 2.69. The molecule has 0 bridgehead atoms. The summed E-state index contributed by atoms with van der Waals surface area (Å²) < 4.78 is 18.2. The van der Waals surface area contributed by atoms with E-state index in [0.717, 1.165) is 63.9 Å². The highest BCUT2D eigenvalue weighted by atomic mass is 16.6. The van der Waals surface area contributed by atoms with E-state index in [1.165, 1.54) is 7.11 Å². The van der Waals surface area contributed by atoms with Crippen LogP contribution in [0.5, 0.6) is 0 Å². The molecule has 11 atom stereocenters. The molecule has 0 spiro atoms. The fourth-order valence-electron chi connectivity index (χ4n) is 11.7. The SMILES string of the molecule is COC(=O)CC[C@@H](C)[C@H]1CC[C@H]2[C@@H]3[C@H](OC(=O)Nc4ccccc4)C[C@@H]4C[C@H](C5=NCCCN5)CC[C@]4(C)[C@H]3C[C@H](OC(=O)Nc3ccccc3)[C@]12C. The molecular formula is C43H58N4O6. The molecule has 2 amide bonds. The van der Waals surface area contributed by atoms with Crippen molar-refractivity contribution in [3.63, 3.8) is 0 Å². The lowest BCUT2D eigenvalue weighted by Gasteiger charge is -2.64. The number of para-hydroxylation sites is 2. The Hall–Kier alpha value is -4.08. The first-order chi connectivity index (χ1) is 25.6. The number of carbonyl (C=O) groups is 3. The topological polar surface area (TPSA) is 127 Å². The Labute approximate surface area is 314 Å². The van der Waals surface area contributed by atoms with Crippen molar-refractivity contribution in [3.8, 4) is 0 Å². The number of hydrogen-bond donors (Lipinski definition) is 3. The molecule has 7 rings (SSSR count). The van der Waals surface area contributed by atoms with Crippen LogP contribution in [0.1, 0.15) is 85.0 Å². The Balaban J connectivity index is 1.23. The molecule has 4 saturated carbocycles. The van der Waals surface area contributed by atoms with Gasteiger partial charge in [-0.25, -0.2) is 9.59 Å². The second-order valence-electron chi connectivity index (χ2n) is 16.9. The predicted octanol–water partition coefficient (Wildman–Crippen LogP) is 8.70. The van der Waals surface area contributed by atoms with Crippen molar-refractivity contribution in [2.75, 3.05) is 30.8 Å². The number of amides is 2. The zero-order valence-corrected chi connectivity index (χ0v) is 31.9. The average Bonchev–Trinajstić information content (AvgIpc) is 3.53. The maximum Gasteiger partial charge on any atom is 0.411 e. The number of benzene rings is 2. The largest absolute Gasteiger partial charge is 0.469 e. The van der Waals surface area contributed by atoms with Crippen LogP contribution >= 0.6 is 0 Å². The van der Waals surface area contributed by atoms with Gasteiger partial charge in [0.2, 0.25) is 0 Å². The molecule has 0 radical (unpaired) electrons. The molecule has 10 heteroatoms. The van der Waals surface area contributed by atoms with E-state index in [0.29, 0.717) is 42.5 Å². The van der Waals surface area contributed by atoms with E-state index in [9.17, 15) is 14.4 Å². The molecule has 53 heavy (non-hydrogen) atoms. The zero-order chi connectivity index (χ0) is 37.2. The highest BCUT2D eigenvalue weighted by Gasteiger charge is 2.68. The maximum absolute atomic E-state index is 13.8. The van der Waals surface area contributed by atoms with E-state index in [2.05, 4.69) is 36.7 Å². The summed E-state index contributed by atoms with van der Waals surface area (Å²) in [5.41, 5.74) is 1.01. The summed E-state index contributed by atoms with van der Waals surface area (Å²) in [4.78, 5) is 44.7. The Morgan fingerprint density at radius 3 is 2.21 bits per heavy atom. The Morgan fingerprint density at radius 2 is 1.57 bits per heavy atom. The lowest BCUT2D eigenvalue weighted by Crippen LogP contribution is -2.63. The monoisotopic (exact) mass is 726 g/mol. The lowest BCUT2D eigenvalue weighted by molar-refractivity contribution is -0.201. The van der Waals surface area contributed by atoms with E-state index in [-0.39, 0.29) is 58.6 Å². The van der Waals surface area contributed by atoms with E-state index in [1.807, 2.05) is 60.7 Å². The summed E-state index contributed by atoms with van der Waals surface area (Å²) in [5, 5.41) is 9.60. The normalized spacial score (nSPS) is 35.1. The van der Waals surface area contributed by atoms with E-state index in [4.69, 9.17) is 19.2 Å². The van der Waals surface area contributed by atoms with Gasteiger partial charge < -0.3 is 19.5 Å². The van der Waals surface area contributed by atoms with Gasteiger partial charge in [0.15, 0.2) is 0 Å². The molecule has 286 valence electrons. The average molecular weight is 727 g/mol. The molecule has 0 unspecified atom stereocenters. The molecular weight excluding hydrogens is 668 g/mol. The van der Waals surface area contributed by atoms with Crippen LogP contribution in [-0.4, -0.2) is 56.4 Å². The Morgan fingerprint density at radius 1 is 0.887 bits per heavy atom. The van der Waals surface area contributed by atoms with Crippen LogP contribution in [0.2, 0.25) is 0 Å². The van der Waals surface area contributed by atoms with Crippen LogP contribution in [0.3, 0.4) is 0 Å². The van der Waals surface area contributed by atoms with Crippen molar-refractivity contribution in [2.24, 2.45) is 57.2 Å². The molecule has 0 aromatic heterocycles. The number of amidine groups is 1. The van der Waals surface area contributed by atoms with Gasteiger partial charge in [-0.1, -0.05) is 57.2 Å². The van der Waals surface area contributed by atoms with Gasteiger partial charge in [-0.05, 0) is 117 Å². The van der Waals surface area contributed by atoms with Gasteiger partial charge in [-0.15, -0.1) is 0 Å². The molecule has 1 heterocycles. The van der Waals surface area contributed by atoms with E-state index >= 15 is 0 Å². The predicted molar refractivity (Wildman–Crippen MR) is 205 cm³/mol. The smallest absolute Gasteiger partial charge is 0.411 e. The minimum absolute atomic E-state index is 0.0143. The summed E-state index contributed by atoms with van der Waals surface area (Å²) in [6, 6.07) is 19.0. The Kier molecular flexibility index (Phi) is 11.0. The minimum Gasteiger partial charge on any atom is -0.469 e. The van der Waals surface area contributed by atoms with Gasteiger partial charge >= 0.3 is 18.2 Å². The molecule has 10 nitrogen and oxygen atoms in total. The van der Waals surface area contributed by atoms with E-state index < -0.39 is 12.2 Å². The first-order valence-corrected chi connectivity index (χ1v) is 20.0. The fraction of sp³-hybridized carbons (Fsp3) is 0.628. The number of hydrogen-bond acceptors (Lipinski definition) is 8. The molecule has 1 aliphatic heterocycles. The molecule has 5 aliphatic rings. The third kappa shape index (κ3) is 7.52. The third-order valence-electron chi connectivity index (χ3n) is 14.4. The molecule has 0 saturated heterocycles. The summed E-state index contributed by atoms with van der Waals surface area (Å²) >= 11 is 0. The quantitative estimate of drug-likeness (QED) is 0.174. The number of rotatable bonds is 9. The number of anilines is 2. The van der Waals surface area contributed by atoms with Crippen molar-refractivity contribution >= 4 is 35.4 Å². The van der Waals surface area contributed by atoms with Crippen molar-refractivity contribution < 1.29 is 28.6 Å². The van der Waals surface area contributed by atoms with Crippen LogP contribution in [0.4, 0.5) is 21.0 Å². The second kappa shape index (κ2) is 15.7. The summed E-state index contributed by atoms with van der Waals surface area (Å²) in [6.45, 7) is 8.87. The summed E-state index contributed by atoms with van der Waals surface area (Å²) in [5.74, 6) is 2.51. The summed E-state index contributed by atoms with van der Waals surface area (Å²) in [7, 11) is 1.44. The molecule has 2 aromatic rings. The van der Waals surface area contributed by atoms with Gasteiger partial charge in [-0.3, -0.25) is 20.4 Å². The van der Waals surface area contributed by atoms with Gasteiger partial charge in [0.1, 0.15) is 12.2 Å². The van der Waals surface area contributed by atoms with Crippen LogP contribution in [0.25, 0.3) is 0 Å². The van der Waals surface area contributed by atoms with Crippen LogP contribution in [0.15, 0.2) is 65.7 Å². The van der Waals surface area contributed by atoms with Crippen LogP contribution in [-0.2, 0) is 19.0 Å². The first kappa shape index (κ1) is 37.2. The number of nitrogens with one attached hydrogen (secondary N) is 3. The number of aliphatic imine (C=N–C) groups is 1.